The number of hydrogen-bond acceptors (Lipinski definition) is 1. The fraction of sp³-hybridized carbons (Fsp3) is 0.222. The zero-order valence-electron chi connectivity index (χ0n) is 6.43. The molecule has 2 rings (SSSR count). The molecule has 1 aromatic carbocycles. The largest absolute Gasteiger partial charge is 0.326 e. The Balaban J connectivity index is 2.43. The molecule has 0 fully saturated rings. The molecule has 1 amide bonds. The normalized spacial score (nSPS) is 15.2. The minimum absolute atomic E-state index is 0.128. The number of fused-ring (bicyclic) bond motifs is 1. The summed E-state index contributed by atoms with van der Waals surface area (Å²) in [7, 11) is 0. The molecule has 0 bridgehead atoms. The summed E-state index contributed by atoms with van der Waals surface area (Å²) in [6.45, 7) is 0. The Labute approximate surface area is 84.5 Å². The monoisotopic (exact) mass is 273 g/mol. The highest BCUT2D eigenvalue weighted by molar-refractivity contribution is 14.1. The van der Waals surface area contributed by atoms with Crippen molar-refractivity contribution in [3.8, 4) is 0 Å². The van der Waals surface area contributed by atoms with Gasteiger partial charge < -0.3 is 5.32 Å². The summed E-state index contributed by atoms with van der Waals surface area (Å²) in [6, 6.07) is 6.09. The van der Waals surface area contributed by atoms with E-state index in [1.807, 2.05) is 12.1 Å². The predicted molar refractivity (Wildman–Crippen MR) is 56.1 cm³/mol. The van der Waals surface area contributed by atoms with Crippen molar-refractivity contribution in [1.82, 2.24) is 0 Å². The van der Waals surface area contributed by atoms with Crippen LogP contribution in [0.2, 0.25) is 0 Å². The van der Waals surface area contributed by atoms with Crippen molar-refractivity contribution in [3.05, 3.63) is 27.3 Å². The average molecular weight is 273 g/mol. The Morgan fingerprint density at radius 3 is 3.00 bits per heavy atom. The molecule has 1 heterocycles. The van der Waals surface area contributed by atoms with Crippen LogP contribution in [0.3, 0.4) is 0 Å². The summed E-state index contributed by atoms with van der Waals surface area (Å²) in [5, 5.41) is 2.84. The molecule has 62 valence electrons. The second kappa shape index (κ2) is 3.05. The standard InChI is InChI=1S/C9H8INO/c10-7-2-3-8-6(5-7)1-4-9(12)11-8/h2-3,5H,1,4H2,(H,11,12). The van der Waals surface area contributed by atoms with Crippen LogP contribution in [0.5, 0.6) is 0 Å². The first-order chi connectivity index (χ1) is 5.75. The van der Waals surface area contributed by atoms with Crippen LogP contribution in [0, 0.1) is 3.57 Å². The quantitative estimate of drug-likeness (QED) is 0.721. The van der Waals surface area contributed by atoms with Gasteiger partial charge in [-0.1, -0.05) is 0 Å². The van der Waals surface area contributed by atoms with Gasteiger partial charge in [0, 0.05) is 15.7 Å². The zero-order chi connectivity index (χ0) is 8.55. The van der Waals surface area contributed by atoms with Gasteiger partial charge >= 0.3 is 0 Å². The third-order valence-corrected chi connectivity index (χ3v) is 2.63. The Kier molecular flexibility index (Phi) is 2.04. The van der Waals surface area contributed by atoms with Crippen LogP contribution in [0.25, 0.3) is 0 Å². The van der Waals surface area contributed by atoms with Gasteiger partial charge in [-0.2, -0.15) is 0 Å². The molecule has 1 aliphatic heterocycles. The van der Waals surface area contributed by atoms with E-state index in [0.717, 1.165) is 12.1 Å². The van der Waals surface area contributed by atoms with Gasteiger partial charge in [0.1, 0.15) is 0 Å². The van der Waals surface area contributed by atoms with E-state index >= 15 is 0 Å². The van der Waals surface area contributed by atoms with Crippen LogP contribution in [-0.2, 0) is 11.2 Å². The number of halogens is 1. The lowest BCUT2D eigenvalue weighted by Crippen LogP contribution is -2.18. The summed E-state index contributed by atoms with van der Waals surface area (Å²) in [5.74, 6) is 0.128. The van der Waals surface area contributed by atoms with Gasteiger partial charge in [0.05, 0.1) is 0 Å². The smallest absolute Gasteiger partial charge is 0.224 e. The minimum atomic E-state index is 0.128. The van der Waals surface area contributed by atoms with Gasteiger partial charge in [-0.05, 0) is 52.8 Å². The van der Waals surface area contributed by atoms with Crippen molar-refractivity contribution < 1.29 is 4.79 Å². The number of nitrogens with one attached hydrogen (secondary N) is 1. The third-order valence-electron chi connectivity index (χ3n) is 1.96. The Hall–Kier alpha value is -0.580. The average Bonchev–Trinajstić information content (AvgIpc) is 2.05. The van der Waals surface area contributed by atoms with Crippen molar-refractivity contribution in [3.63, 3.8) is 0 Å². The lowest BCUT2D eigenvalue weighted by Gasteiger charge is -2.16. The maximum atomic E-state index is 11.0. The lowest BCUT2D eigenvalue weighted by molar-refractivity contribution is -0.116. The van der Waals surface area contributed by atoms with Gasteiger partial charge in [-0.25, -0.2) is 0 Å². The SMILES string of the molecule is O=C1CCc2cc(I)ccc2N1. The molecular weight excluding hydrogens is 265 g/mol. The molecular formula is C9H8INO. The summed E-state index contributed by atoms with van der Waals surface area (Å²) in [6.07, 6.45) is 1.49. The molecule has 3 heteroatoms. The molecule has 0 spiro atoms. The summed E-state index contributed by atoms with van der Waals surface area (Å²) < 4.78 is 1.22. The van der Waals surface area contributed by atoms with Crippen LogP contribution in [-0.4, -0.2) is 5.91 Å². The topological polar surface area (TPSA) is 29.1 Å². The molecule has 0 aromatic heterocycles. The maximum absolute atomic E-state index is 11.0. The van der Waals surface area contributed by atoms with Crippen LogP contribution < -0.4 is 5.32 Å². The molecule has 2 nitrogen and oxygen atoms in total. The van der Waals surface area contributed by atoms with E-state index in [1.165, 1.54) is 9.13 Å². The van der Waals surface area contributed by atoms with Crippen molar-refractivity contribution in [1.29, 1.82) is 0 Å². The van der Waals surface area contributed by atoms with E-state index < -0.39 is 0 Å². The van der Waals surface area contributed by atoms with E-state index in [1.54, 1.807) is 0 Å². The molecule has 12 heavy (non-hydrogen) atoms. The van der Waals surface area contributed by atoms with E-state index in [0.29, 0.717) is 6.42 Å². The Morgan fingerprint density at radius 2 is 2.17 bits per heavy atom. The first-order valence-corrected chi connectivity index (χ1v) is 4.92. The zero-order valence-corrected chi connectivity index (χ0v) is 8.59. The fourth-order valence-electron chi connectivity index (χ4n) is 1.35. The maximum Gasteiger partial charge on any atom is 0.224 e. The predicted octanol–water partition coefficient (Wildman–Crippen LogP) is 2.18. The molecule has 1 aliphatic rings. The molecule has 0 unspecified atom stereocenters. The summed E-state index contributed by atoms with van der Waals surface area (Å²) in [5.41, 5.74) is 2.23. The number of amides is 1. The number of carbonyl (C=O) groups excluding carboxylic acids is 1. The van der Waals surface area contributed by atoms with Crippen LogP contribution in [0.4, 0.5) is 5.69 Å². The lowest BCUT2D eigenvalue weighted by atomic mass is 10.0. The number of benzene rings is 1. The second-order valence-electron chi connectivity index (χ2n) is 2.85. The number of rotatable bonds is 0. The van der Waals surface area contributed by atoms with E-state index in [9.17, 15) is 4.79 Å². The molecule has 0 saturated carbocycles. The third kappa shape index (κ3) is 1.46. The van der Waals surface area contributed by atoms with Gasteiger partial charge in [-0.3, -0.25) is 4.79 Å². The highest BCUT2D eigenvalue weighted by Gasteiger charge is 2.13. The van der Waals surface area contributed by atoms with E-state index in [2.05, 4.69) is 34.0 Å². The van der Waals surface area contributed by atoms with Crippen LogP contribution >= 0.6 is 22.6 Å². The highest BCUT2D eigenvalue weighted by atomic mass is 127. The summed E-state index contributed by atoms with van der Waals surface area (Å²) >= 11 is 2.28. The first-order valence-electron chi connectivity index (χ1n) is 3.84. The van der Waals surface area contributed by atoms with Crippen molar-refractivity contribution in [2.75, 3.05) is 5.32 Å². The van der Waals surface area contributed by atoms with E-state index in [4.69, 9.17) is 0 Å². The molecule has 0 atom stereocenters. The van der Waals surface area contributed by atoms with Gasteiger partial charge in [0.25, 0.3) is 0 Å². The number of anilines is 1. The van der Waals surface area contributed by atoms with Gasteiger partial charge in [-0.15, -0.1) is 0 Å². The van der Waals surface area contributed by atoms with Crippen molar-refractivity contribution in [2.45, 2.75) is 12.8 Å². The molecule has 1 N–H and O–H groups in total. The van der Waals surface area contributed by atoms with Crippen molar-refractivity contribution in [2.24, 2.45) is 0 Å². The number of aryl methyl sites for hydroxylation is 1. The number of carbonyl (C=O) groups is 1. The minimum Gasteiger partial charge on any atom is -0.326 e. The molecule has 1 aromatic rings. The molecule has 0 saturated heterocycles. The Morgan fingerprint density at radius 1 is 1.33 bits per heavy atom. The molecule has 0 aliphatic carbocycles. The highest BCUT2D eigenvalue weighted by Crippen LogP contribution is 2.23. The van der Waals surface area contributed by atoms with E-state index in [-0.39, 0.29) is 5.91 Å². The van der Waals surface area contributed by atoms with Crippen molar-refractivity contribution >= 4 is 34.2 Å². The van der Waals surface area contributed by atoms with Crippen LogP contribution in [0.1, 0.15) is 12.0 Å². The van der Waals surface area contributed by atoms with Crippen LogP contribution in [0.15, 0.2) is 18.2 Å². The molecule has 0 radical (unpaired) electrons. The fourth-order valence-corrected chi connectivity index (χ4v) is 1.91. The first kappa shape index (κ1) is 8.04. The van der Waals surface area contributed by atoms with Gasteiger partial charge in [0.2, 0.25) is 5.91 Å². The van der Waals surface area contributed by atoms with Gasteiger partial charge in [0.15, 0.2) is 0 Å². The number of hydrogen-bond donors (Lipinski definition) is 1. The summed E-state index contributed by atoms with van der Waals surface area (Å²) in [4.78, 5) is 11.0. The Bertz CT molecular complexity index is 335. The second-order valence-corrected chi connectivity index (χ2v) is 4.10.